The Morgan fingerprint density at radius 1 is 1.25 bits per heavy atom. The van der Waals surface area contributed by atoms with Gasteiger partial charge in [-0.2, -0.15) is 0 Å². The van der Waals surface area contributed by atoms with Crippen LogP contribution in [-0.4, -0.2) is 82.3 Å². The van der Waals surface area contributed by atoms with Crippen LogP contribution in [0, 0.1) is 5.41 Å². The fraction of sp³-hybridized carbons (Fsp3) is 0.941. The highest BCUT2D eigenvalue weighted by Gasteiger charge is 2.34. The van der Waals surface area contributed by atoms with Crippen LogP contribution in [0.5, 0.6) is 0 Å². The van der Waals surface area contributed by atoms with Gasteiger partial charge in [-0.05, 0) is 39.9 Å². The number of morpholine rings is 1. The van der Waals surface area contributed by atoms with Crippen molar-refractivity contribution in [3.63, 3.8) is 0 Å². The number of ether oxygens (including phenoxy) is 1. The summed E-state index contributed by atoms with van der Waals surface area (Å²) in [4.78, 5) is 9.37. The first-order chi connectivity index (χ1) is 11.1. The molecule has 3 N–H and O–H groups in total. The summed E-state index contributed by atoms with van der Waals surface area (Å²) in [7, 11) is 4.30. The Morgan fingerprint density at radius 2 is 1.92 bits per heavy atom. The summed E-state index contributed by atoms with van der Waals surface area (Å²) < 4.78 is 5.36. The predicted octanol–water partition coefficient (Wildman–Crippen LogP) is 1.35. The van der Waals surface area contributed by atoms with Gasteiger partial charge >= 0.3 is 0 Å². The third-order valence-electron chi connectivity index (χ3n) is 4.96. The van der Waals surface area contributed by atoms with Gasteiger partial charge in [-0.3, -0.25) is 9.89 Å². The molecule has 2 rings (SSSR count). The maximum absolute atomic E-state index is 6.05. The molecule has 142 valence electrons. The lowest BCUT2D eigenvalue weighted by atomic mass is 9.86. The molecule has 1 aliphatic heterocycles. The fourth-order valence-electron chi connectivity index (χ4n) is 3.81. The zero-order valence-corrected chi connectivity index (χ0v) is 17.8. The fourth-order valence-corrected chi connectivity index (χ4v) is 3.81. The van der Waals surface area contributed by atoms with E-state index in [1.807, 2.05) is 0 Å². The molecule has 2 fully saturated rings. The zero-order valence-electron chi connectivity index (χ0n) is 15.4. The number of rotatable bonds is 8. The van der Waals surface area contributed by atoms with Crippen LogP contribution in [0.4, 0.5) is 0 Å². The third kappa shape index (κ3) is 7.84. The Labute approximate surface area is 164 Å². The number of hydrogen-bond donors (Lipinski definition) is 2. The first kappa shape index (κ1) is 21.9. The standard InChI is InChI=1S/C17H35N5O.HI/c1-21(2)15-17(6-3-4-7-17)14-20-16(18)19-8-5-9-22-10-12-23-13-11-22;/h3-15H2,1-2H3,(H3,18,19,20);1H. The van der Waals surface area contributed by atoms with Crippen LogP contribution in [-0.2, 0) is 4.74 Å². The Balaban J connectivity index is 0.00000288. The summed E-state index contributed by atoms with van der Waals surface area (Å²) in [6.45, 7) is 7.80. The van der Waals surface area contributed by atoms with E-state index in [0.717, 1.165) is 58.9 Å². The van der Waals surface area contributed by atoms with Gasteiger partial charge in [0.1, 0.15) is 0 Å². The van der Waals surface area contributed by atoms with E-state index in [1.165, 1.54) is 25.7 Å². The average molecular weight is 453 g/mol. The molecule has 0 amide bonds. The van der Waals surface area contributed by atoms with Gasteiger partial charge in [0.25, 0.3) is 0 Å². The van der Waals surface area contributed by atoms with E-state index in [1.54, 1.807) is 0 Å². The van der Waals surface area contributed by atoms with Crippen molar-refractivity contribution in [2.75, 3.05) is 66.6 Å². The minimum absolute atomic E-state index is 0. The molecule has 7 heteroatoms. The van der Waals surface area contributed by atoms with Crippen molar-refractivity contribution in [2.24, 2.45) is 16.1 Å². The quantitative estimate of drug-likeness (QED) is 0.252. The lowest BCUT2D eigenvalue weighted by Crippen LogP contribution is -2.40. The summed E-state index contributed by atoms with van der Waals surface area (Å²) in [6.07, 6.45) is 6.31. The highest BCUT2D eigenvalue weighted by Crippen LogP contribution is 2.38. The van der Waals surface area contributed by atoms with Gasteiger partial charge in [0.05, 0.1) is 13.2 Å². The number of halogens is 1. The Hall–Kier alpha value is -0.120. The van der Waals surface area contributed by atoms with E-state index >= 15 is 0 Å². The summed E-state index contributed by atoms with van der Waals surface area (Å²) >= 11 is 0. The second-order valence-corrected chi connectivity index (χ2v) is 7.38. The van der Waals surface area contributed by atoms with E-state index in [-0.39, 0.29) is 24.0 Å². The van der Waals surface area contributed by atoms with Crippen LogP contribution < -0.4 is 11.1 Å². The maximum Gasteiger partial charge on any atom is 0.188 e. The number of nitrogens with one attached hydrogen (secondary N) is 1. The molecule has 1 saturated heterocycles. The minimum Gasteiger partial charge on any atom is -0.379 e. The Kier molecular flexibility index (Phi) is 10.5. The normalized spacial score (nSPS) is 21.7. The van der Waals surface area contributed by atoms with Gasteiger partial charge < -0.3 is 20.7 Å². The van der Waals surface area contributed by atoms with Gasteiger partial charge in [-0.1, -0.05) is 12.8 Å². The van der Waals surface area contributed by atoms with Crippen LogP contribution in [0.15, 0.2) is 4.99 Å². The van der Waals surface area contributed by atoms with Gasteiger partial charge in [-0.15, -0.1) is 24.0 Å². The van der Waals surface area contributed by atoms with Gasteiger partial charge in [0.2, 0.25) is 0 Å². The van der Waals surface area contributed by atoms with Crippen LogP contribution >= 0.6 is 24.0 Å². The predicted molar refractivity (Wildman–Crippen MR) is 111 cm³/mol. The van der Waals surface area contributed by atoms with Crippen molar-refractivity contribution in [1.29, 1.82) is 0 Å². The summed E-state index contributed by atoms with van der Waals surface area (Å²) in [5.74, 6) is 0.608. The second-order valence-electron chi connectivity index (χ2n) is 7.38. The molecule has 0 aromatic carbocycles. The monoisotopic (exact) mass is 453 g/mol. The summed E-state index contributed by atoms with van der Waals surface area (Å²) in [6, 6.07) is 0. The van der Waals surface area contributed by atoms with E-state index in [9.17, 15) is 0 Å². The van der Waals surface area contributed by atoms with Crippen LogP contribution in [0.25, 0.3) is 0 Å². The molecule has 2 aliphatic rings. The van der Waals surface area contributed by atoms with Crippen molar-refractivity contribution in [2.45, 2.75) is 32.1 Å². The minimum atomic E-state index is 0. The Morgan fingerprint density at radius 3 is 2.54 bits per heavy atom. The number of nitrogens with two attached hydrogens (primary N) is 1. The molecule has 24 heavy (non-hydrogen) atoms. The van der Waals surface area contributed by atoms with Gasteiger partial charge in [0, 0.05) is 38.1 Å². The molecular weight excluding hydrogens is 417 g/mol. The van der Waals surface area contributed by atoms with E-state index in [2.05, 4.69) is 34.2 Å². The molecule has 0 bridgehead atoms. The largest absolute Gasteiger partial charge is 0.379 e. The van der Waals surface area contributed by atoms with Crippen molar-refractivity contribution in [1.82, 2.24) is 15.1 Å². The lowest BCUT2D eigenvalue weighted by molar-refractivity contribution is 0.0376. The number of hydrogen-bond acceptors (Lipinski definition) is 4. The zero-order chi connectivity index (χ0) is 16.5. The molecule has 6 nitrogen and oxygen atoms in total. The summed E-state index contributed by atoms with van der Waals surface area (Å²) in [5.41, 5.74) is 6.39. The van der Waals surface area contributed by atoms with Crippen LogP contribution in [0.3, 0.4) is 0 Å². The van der Waals surface area contributed by atoms with Gasteiger partial charge in [0.15, 0.2) is 5.96 Å². The number of nitrogens with zero attached hydrogens (tertiary/aromatic N) is 3. The molecule has 0 atom stereocenters. The highest BCUT2D eigenvalue weighted by molar-refractivity contribution is 14.0. The number of guanidine groups is 1. The molecule has 0 radical (unpaired) electrons. The van der Waals surface area contributed by atoms with Gasteiger partial charge in [-0.25, -0.2) is 0 Å². The Bertz CT molecular complexity index is 366. The van der Waals surface area contributed by atoms with Crippen LogP contribution in [0.2, 0.25) is 0 Å². The first-order valence-corrected chi connectivity index (χ1v) is 9.08. The van der Waals surface area contributed by atoms with Crippen molar-refractivity contribution in [3.05, 3.63) is 0 Å². The molecule has 0 aromatic heterocycles. The molecular formula is C17H36IN5O. The molecule has 0 unspecified atom stereocenters. The summed E-state index contributed by atoms with van der Waals surface area (Å²) in [5, 5.41) is 3.27. The van der Waals surface area contributed by atoms with E-state index < -0.39 is 0 Å². The van der Waals surface area contributed by atoms with Crippen LogP contribution in [0.1, 0.15) is 32.1 Å². The second kappa shape index (κ2) is 11.5. The lowest BCUT2D eigenvalue weighted by Gasteiger charge is -2.30. The number of aliphatic imine (C=N–C) groups is 1. The van der Waals surface area contributed by atoms with E-state index in [4.69, 9.17) is 10.5 Å². The topological polar surface area (TPSA) is 66.1 Å². The average Bonchev–Trinajstić information content (AvgIpc) is 2.99. The van der Waals surface area contributed by atoms with Crippen molar-refractivity contribution in [3.8, 4) is 0 Å². The smallest absolute Gasteiger partial charge is 0.188 e. The van der Waals surface area contributed by atoms with Crippen molar-refractivity contribution < 1.29 is 4.74 Å². The third-order valence-corrected chi connectivity index (χ3v) is 4.96. The first-order valence-electron chi connectivity index (χ1n) is 9.08. The molecule has 1 aliphatic carbocycles. The SMILES string of the molecule is CN(C)CC1(CN=C(N)NCCCN2CCOCC2)CCCC1.I. The molecule has 1 heterocycles. The van der Waals surface area contributed by atoms with E-state index in [0.29, 0.717) is 11.4 Å². The molecule has 1 saturated carbocycles. The maximum atomic E-state index is 6.05. The van der Waals surface area contributed by atoms with Crippen molar-refractivity contribution >= 4 is 29.9 Å². The highest BCUT2D eigenvalue weighted by atomic mass is 127. The molecule has 0 aromatic rings. The molecule has 0 spiro atoms.